The Kier molecular flexibility index (Phi) is 6.06. The molecule has 2 aromatic carbocycles. The molecule has 0 radical (unpaired) electrons. The molecule has 2 aromatic heterocycles. The van der Waals surface area contributed by atoms with Gasteiger partial charge in [0.1, 0.15) is 12.7 Å². The maximum Gasteiger partial charge on any atom is 0.416 e. The first kappa shape index (κ1) is 23.4. The summed E-state index contributed by atoms with van der Waals surface area (Å²) in [6.45, 7) is 0. The number of halogens is 3. The molecule has 2 heterocycles. The Balaban J connectivity index is 1.52. The van der Waals surface area contributed by atoms with Crippen molar-refractivity contribution in [2.45, 2.75) is 48.8 Å². The van der Waals surface area contributed by atoms with Gasteiger partial charge in [0, 0.05) is 35.4 Å². The summed E-state index contributed by atoms with van der Waals surface area (Å²) < 4.78 is 72.4. The normalized spacial score (nSPS) is 19.2. The van der Waals surface area contributed by atoms with Crippen LogP contribution in [0, 0.1) is 0 Å². The van der Waals surface area contributed by atoms with E-state index in [1.165, 1.54) is 12.3 Å². The minimum absolute atomic E-state index is 0.0188. The molecule has 2 unspecified atom stereocenters. The summed E-state index contributed by atoms with van der Waals surface area (Å²) in [7, 11) is -4.23. The first-order valence-electron chi connectivity index (χ1n) is 11.1. The first-order chi connectivity index (χ1) is 16.7. The van der Waals surface area contributed by atoms with Crippen LogP contribution in [0.1, 0.15) is 37.3 Å². The molecular formula is C24H22F3N5O2S. The van der Waals surface area contributed by atoms with Crippen molar-refractivity contribution in [3.63, 3.8) is 0 Å². The van der Waals surface area contributed by atoms with Gasteiger partial charge in [-0.1, -0.05) is 24.3 Å². The minimum Gasteiger partial charge on any atom is -0.317 e. The van der Waals surface area contributed by atoms with Crippen LogP contribution in [-0.2, 0) is 16.2 Å². The molecule has 0 aliphatic heterocycles. The summed E-state index contributed by atoms with van der Waals surface area (Å²) in [6, 6.07) is 9.67. The standard InChI is InChI=1S/C24H22F3N5O2S/c25-24(26,27)18-8-17(23-13-28-12-16-4-1-2-7-22(16)23)9-21(10-18)35(33,34)31-19-5-3-6-20(11-19)32-14-29-30-15-32/h1-2,4,7-10,12-15,19-20,31H,3,5-6,11H2. The van der Waals surface area contributed by atoms with Crippen LogP contribution < -0.4 is 4.72 Å². The molecule has 5 rings (SSSR count). The van der Waals surface area contributed by atoms with Crippen LogP contribution in [0.4, 0.5) is 13.2 Å². The monoisotopic (exact) mass is 501 g/mol. The fourth-order valence-corrected chi connectivity index (χ4v) is 6.00. The fraction of sp³-hybridized carbons (Fsp3) is 0.292. The lowest BCUT2D eigenvalue weighted by atomic mass is 9.91. The van der Waals surface area contributed by atoms with Gasteiger partial charge in [-0.3, -0.25) is 4.98 Å². The number of sulfonamides is 1. The van der Waals surface area contributed by atoms with Crippen molar-refractivity contribution in [1.29, 1.82) is 0 Å². The number of rotatable bonds is 5. The molecule has 1 saturated carbocycles. The molecule has 0 spiro atoms. The second kappa shape index (κ2) is 9.04. The summed E-state index contributed by atoms with van der Waals surface area (Å²) >= 11 is 0. The smallest absolute Gasteiger partial charge is 0.317 e. The largest absolute Gasteiger partial charge is 0.416 e. The average molecular weight is 502 g/mol. The van der Waals surface area contributed by atoms with Crippen LogP contribution in [0.5, 0.6) is 0 Å². The summed E-state index contributed by atoms with van der Waals surface area (Å²) in [5.74, 6) is 0. The fourth-order valence-electron chi connectivity index (χ4n) is 4.65. The molecule has 182 valence electrons. The van der Waals surface area contributed by atoms with Gasteiger partial charge in [0.2, 0.25) is 10.0 Å². The Labute approximate surface area is 200 Å². The Bertz CT molecular complexity index is 1450. The lowest BCUT2D eigenvalue weighted by Crippen LogP contribution is -2.38. The molecular weight excluding hydrogens is 479 g/mol. The van der Waals surface area contributed by atoms with E-state index in [2.05, 4.69) is 19.9 Å². The van der Waals surface area contributed by atoms with E-state index in [9.17, 15) is 21.6 Å². The van der Waals surface area contributed by atoms with Crippen LogP contribution in [-0.4, -0.2) is 34.2 Å². The van der Waals surface area contributed by atoms with Crippen LogP contribution in [0.15, 0.2) is 72.4 Å². The quantitative estimate of drug-likeness (QED) is 0.417. The highest BCUT2D eigenvalue weighted by molar-refractivity contribution is 7.89. The van der Waals surface area contributed by atoms with Gasteiger partial charge < -0.3 is 4.57 Å². The number of hydrogen-bond acceptors (Lipinski definition) is 5. The predicted molar refractivity (Wildman–Crippen MR) is 124 cm³/mol. The number of nitrogens with zero attached hydrogens (tertiary/aromatic N) is 4. The second-order valence-corrected chi connectivity index (χ2v) is 10.4. The molecule has 1 N–H and O–H groups in total. The number of pyridine rings is 1. The number of aromatic nitrogens is 4. The SMILES string of the molecule is O=S(=O)(NC1CCCC(n2cnnc2)C1)c1cc(-c2cncc3ccccc23)cc(C(F)(F)F)c1. The lowest BCUT2D eigenvalue weighted by molar-refractivity contribution is -0.137. The molecule has 0 bridgehead atoms. The van der Waals surface area contributed by atoms with Crippen LogP contribution in [0.3, 0.4) is 0 Å². The summed E-state index contributed by atoms with van der Waals surface area (Å²) in [5, 5.41) is 9.03. The van der Waals surface area contributed by atoms with Crippen molar-refractivity contribution in [2.75, 3.05) is 0 Å². The van der Waals surface area contributed by atoms with Gasteiger partial charge in [0.05, 0.1) is 10.5 Å². The number of nitrogens with one attached hydrogen (secondary N) is 1. The molecule has 7 nitrogen and oxygen atoms in total. The highest BCUT2D eigenvalue weighted by Crippen LogP contribution is 2.37. The van der Waals surface area contributed by atoms with Crippen molar-refractivity contribution in [3.8, 4) is 11.1 Å². The number of hydrogen-bond donors (Lipinski definition) is 1. The predicted octanol–water partition coefficient (Wildman–Crippen LogP) is 4.97. The first-order valence-corrected chi connectivity index (χ1v) is 12.6. The van der Waals surface area contributed by atoms with Crippen LogP contribution in [0.25, 0.3) is 21.9 Å². The Morgan fingerprint density at radius 1 is 1.00 bits per heavy atom. The molecule has 1 fully saturated rings. The van der Waals surface area contributed by atoms with Gasteiger partial charge in [0.15, 0.2) is 0 Å². The van der Waals surface area contributed by atoms with E-state index in [1.807, 2.05) is 4.57 Å². The maximum atomic E-state index is 13.8. The molecule has 11 heteroatoms. The van der Waals surface area contributed by atoms with E-state index < -0.39 is 32.7 Å². The summed E-state index contributed by atoms with van der Waals surface area (Å²) in [5.41, 5.74) is -0.471. The van der Waals surface area contributed by atoms with Crippen molar-refractivity contribution in [1.82, 2.24) is 24.5 Å². The lowest BCUT2D eigenvalue weighted by Gasteiger charge is -2.30. The van der Waals surface area contributed by atoms with E-state index >= 15 is 0 Å². The van der Waals surface area contributed by atoms with E-state index in [0.29, 0.717) is 29.9 Å². The van der Waals surface area contributed by atoms with Gasteiger partial charge in [-0.05, 0) is 54.8 Å². The van der Waals surface area contributed by atoms with Gasteiger partial charge >= 0.3 is 6.18 Å². The van der Waals surface area contributed by atoms with E-state index in [1.54, 1.807) is 43.1 Å². The zero-order chi connectivity index (χ0) is 24.6. The number of benzene rings is 2. The number of fused-ring (bicyclic) bond motifs is 1. The molecule has 0 amide bonds. The van der Waals surface area contributed by atoms with Gasteiger partial charge in [-0.15, -0.1) is 10.2 Å². The van der Waals surface area contributed by atoms with Crippen molar-refractivity contribution < 1.29 is 21.6 Å². The maximum absolute atomic E-state index is 13.8. The Hall–Kier alpha value is -3.31. The summed E-state index contributed by atoms with van der Waals surface area (Å²) in [4.78, 5) is 3.71. The third-order valence-corrected chi connectivity index (χ3v) is 7.85. The zero-order valence-electron chi connectivity index (χ0n) is 18.5. The third kappa shape index (κ3) is 4.92. The van der Waals surface area contributed by atoms with E-state index in [4.69, 9.17) is 0 Å². The van der Waals surface area contributed by atoms with Gasteiger partial charge in [0.25, 0.3) is 0 Å². The molecule has 1 aliphatic rings. The molecule has 35 heavy (non-hydrogen) atoms. The van der Waals surface area contributed by atoms with Gasteiger partial charge in [-0.2, -0.15) is 13.2 Å². The highest BCUT2D eigenvalue weighted by atomic mass is 32.2. The van der Waals surface area contributed by atoms with E-state index in [-0.39, 0.29) is 11.6 Å². The molecule has 2 atom stereocenters. The van der Waals surface area contributed by atoms with Crippen molar-refractivity contribution in [2.24, 2.45) is 0 Å². The molecule has 1 aliphatic carbocycles. The number of alkyl halides is 3. The zero-order valence-corrected chi connectivity index (χ0v) is 19.3. The molecule has 0 saturated heterocycles. The van der Waals surface area contributed by atoms with Crippen molar-refractivity contribution in [3.05, 3.63) is 73.1 Å². The molecule has 4 aromatic rings. The van der Waals surface area contributed by atoms with Crippen molar-refractivity contribution >= 4 is 20.8 Å². The topological polar surface area (TPSA) is 89.8 Å². The van der Waals surface area contributed by atoms with Crippen LogP contribution in [0.2, 0.25) is 0 Å². The van der Waals surface area contributed by atoms with E-state index in [0.717, 1.165) is 24.3 Å². The Morgan fingerprint density at radius 3 is 2.54 bits per heavy atom. The minimum atomic E-state index is -4.72. The Morgan fingerprint density at radius 2 is 1.77 bits per heavy atom. The average Bonchev–Trinajstić information content (AvgIpc) is 3.38. The van der Waals surface area contributed by atoms with Crippen LogP contribution >= 0.6 is 0 Å². The van der Waals surface area contributed by atoms with Gasteiger partial charge in [-0.25, -0.2) is 13.1 Å². The highest BCUT2D eigenvalue weighted by Gasteiger charge is 2.34. The summed E-state index contributed by atoms with van der Waals surface area (Å²) in [6.07, 6.45) is 4.21. The second-order valence-electron chi connectivity index (χ2n) is 8.70. The third-order valence-electron chi connectivity index (χ3n) is 6.35.